The highest BCUT2D eigenvalue weighted by Crippen LogP contribution is 2.26. The Morgan fingerprint density at radius 2 is 1.75 bits per heavy atom. The van der Waals surface area contributed by atoms with Crippen LogP contribution in [0.2, 0.25) is 10.0 Å². The Labute approximate surface area is 153 Å². The minimum Gasteiger partial charge on any atom is -0.331 e. The first-order chi connectivity index (χ1) is 11.4. The van der Waals surface area contributed by atoms with E-state index in [0.717, 1.165) is 17.7 Å². The fourth-order valence-electron chi connectivity index (χ4n) is 2.42. The van der Waals surface area contributed by atoms with Gasteiger partial charge in [-0.25, -0.2) is 4.79 Å². The summed E-state index contributed by atoms with van der Waals surface area (Å²) in [6, 6.07) is 12.7. The molecule has 128 valence electrons. The molecular formula is C19H22Cl2N2O. The first-order valence-corrected chi connectivity index (χ1v) is 8.78. The molecule has 0 aliphatic heterocycles. The van der Waals surface area contributed by atoms with Gasteiger partial charge in [-0.15, -0.1) is 0 Å². The Kier molecular flexibility index (Phi) is 6.52. The maximum atomic E-state index is 12.2. The molecule has 2 amide bonds. The molecule has 0 aliphatic rings. The van der Waals surface area contributed by atoms with E-state index in [1.807, 2.05) is 37.3 Å². The molecule has 0 saturated carbocycles. The number of carbonyl (C=O) groups excluding carboxylic acids is 1. The van der Waals surface area contributed by atoms with Gasteiger partial charge in [0, 0.05) is 15.7 Å². The van der Waals surface area contributed by atoms with Gasteiger partial charge in [-0.3, -0.25) is 0 Å². The van der Waals surface area contributed by atoms with Gasteiger partial charge in [0.05, 0.1) is 6.04 Å². The second-order valence-corrected chi connectivity index (χ2v) is 6.76. The summed E-state index contributed by atoms with van der Waals surface area (Å²) >= 11 is 12.1. The summed E-state index contributed by atoms with van der Waals surface area (Å²) in [6.45, 7) is 6.22. The van der Waals surface area contributed by atoms with Crippen LogP contribution in [0.25, 0.3) is 0 Å². The second-order valence-electron chi connectivity index (χ2n) is 5.92. The van der Waals surface area contributed by atoms with E-state index in [9.17, 15) is 4.79 Å². The molecule has 0 spiro atoms. The van der Waals surface area contributed by atoms with E-state index < -0.39 is 0 Å². The molecule has 0 radical (unpaired) electrons. The summed E-state index contributed by atoms with van der Waals surface area (Å²) < 4.78 is 0. The zero-order chi connectivity index (χ0) is 17.7. The topological polar surface area (TPSA) is 41.1 Å². The number of hydrogen-bond donors (Lipinski definition) is 2. The average molecular weight is 365 g/mol. The predicted octanol–water partition coefficient (Wildman–Crippen LogP) is 6.39. The molecule has 2 aromatic carbocycles. The van der Waals surface area contributed by atoms with Crippen molar-refractivity contribution >= 4 is 34.9 Å². The van der Waals surface area contributed by atoms with Gasteiger partial charge in [0.2, 0.25) is 0 Å². The van der Waals surface area contributed by atoms with Crippen molar-refractivity contribution < 1.29 is 4.79 Å². The largest absolute Gasteiger partial charge is 0.331 e. The number of hydrogen-bond acceptors (Lipinski definition) is 1. The molecule has 0 aliphatic carbocycles. The lowest BCUT2D eigenvalue weighted by atomic mass is 9.99. The van der Waals surface area contributed by atoms with Gasteiger partial charge in [-0.05, 0) is 54.7 Å². The van der Waals surface area contributed by atoms with Crippen molar-refractivity contribution in [3.63, 3.8) is 0 Å². The zero-order valence-corrected chi connectivity index (χ0v) is 15.6. The monoisotopic (exact) mass is 364 g/mol. The molecule has 0 bridgehead atoms. The predicted molar refractivity (Wildman–Crippen MR) is 102 cm³/mol. The molecule has 0 unspecified atom stereocenters. The molecule has 0 saturated heterocycles. The summed E-state index contributed by atoms with van der Waals surface area (Å²) in [7, 11) is 0. The third-order valence-electron chi connectivity index (χ3n) is 4.13. The van der Waals surface area contributed by atoms with Crippen LogP contribution in [0.1, 0.15) is 50.3 Å². The van der Waals surface area contributed by atoms with Crippen molar-refractivity contribution in [2.75, 3.05) is 5.32 Å². The standard InChI is InChI=1S/C19H22Cl2N2O/c1-4-12(2)14-5-8-16(9-6-14)23-19(24)22-13(3)17-10-7-15(20)11-18(17)21/h5-13H,4H2,1-3H3,(H2,22,23,24)/t12-,13-/m0/s1. The average Bonchev–Trinajstić information content (AvgIpc) is 2.54. The third kappa shape index (κ3) is 4.89. The quantitative estimate of drug-likeness (QED) is 0.633. The van der Waals surface area contributed by atoms with Crippen molar-refractivity contribution in [3.05, 3.63) is 63.6 Å². The van der Waals surface area contributed by atoms with Crippen molar-refractivity contribution in [2.45, 2.75) is 39.2 Å². The Balaban J connectivity index is 1.97. The highest BCUT2D eigenvalue weighted by Gasteiger charge is 2.13. The fraction of sp³-hybridized carbons (Fsp3) is 0.316. The molecular weight excluding hydrogens is 343 g/mol. The van der Waals surface area contributed by atoms with E-state index in [2.05, 4.69) is 24.5 Å². The number of amides is 2. The highest BCUT2D eigenvalue weighted by atomic mass is 35.5. The number of rotatable bonds is 5. The van der Waals surface area contributed by atoms with Crippen LogP contribution >= 0.6 is 23.2 Å². The van der Waals surface area contributed by atoms with Gasteiger partial charge < -0.3 is 10.6 Å². The van der Waals surface area contributed by atoms with Gasteiger partial charge in [0.1, 0.15) is 0 Å². The van der Waals surface area contributed by atoms with Crippen molar-refractivity contribution in [1.29, 1.82) is 0 Å². The summed E-state index contributed by atoms with van der Waals surface area (Å²) in [5.74, 6) is 0.514. The van der Waals surface area contributed by atoms with E-state index in [4.69, 9.17) is 23.2 Å². The minimum atomic E-state index is -0.273. The summed E-state index contributed by atoms with van der Waals surface area (Å²) in [5.41, 5.74) is 2.85. The van der Waals surface area contributed by atoms with Gasteiger partial charge in [-0.1, -0.05) is 55.2 Å². The highest BCUT2D eigenvalue weighted by molar-refractivity contribution is 6.35. The number of anilines is 1. The molecule has 0 heterocycles. The van der Waals surface area contributed by atoms with E-state index in [0.29, 0.717) is 16.0 Å². The van der Waals surface area contributed by atoms with Crippen LogP contribution in [0.5, 0.6) is 0 Å². The maximum absolute atomic E-state index is 12.2. The molecule has 2 atom stereocenters. The van der Waals surface area contributed by atoms with Crippen molar-refractivity contribution in [2.24, 2.45) is 0 Å². The Morgan fingerprint density at radius 1 is 1.08 bits per heavy atom. The second kappa shape index (κ2) is 8.41. The Hall–Kier alpha value is -1.71. The lowest BCUT2D eigenvalue weighted by molar-refractivity contribution is 0.249. The summed E-state index contributed by atoms with van der Waals surface area (Å²) in [5, 5.41) is 6.82. The Morgan fingerprint density at radius 3 is 2.33 bits per heavy atom. The van der Waals surface area contributed by atoms with Crippen molar-refractivity contribution in [3.8, 4) is 0 Å². The van der Waals surface area contributed by atoms with Crippen LogP contribution < -0.4 is 10.6 Å². The number of halogens is 2. The molecule has 3 nitrogen and oxygen atoms in total. The zero-order valence-electron chi connectivity index (χ0n) is 14.1. The molecule has 5 heteroatoms. The summed E-state index contributed by atoms with van der Waals surface area (Å²) in [6.07, 6.45) is 1.09. The van der Waals surface area contributed by atoms with Crippen LogP contribution in [0.3, 0.4) is 0 Å². The van der Waals surface area contributed by atoms with E-state index in [-0.39, 0.29) is 12.1 Å². The summed E-state index contributed by atoms with van der Waals surface area (Å²) in [4.78, 5) is 12.2. The molecule has 2 aromatic rings. The van der Waals surface area contributed by atoms with Crippen LogP contribution in [0.4, 0.5) is 10.5 Å². The molecule has 0 fully saturated rings. The van der Waals surface area contributed by atoms with Crippen LogP contribution in [0.15, 0.2) is 42.5 Å². The lowest BCUT2D eigenvalue weighted by Crippen LogP contribution is -2.31. The van der Waals surface area contributed by atoms with Gasteiger partial charge in [-0.2, -0.15) is 0 Å². The van der Waals surface area contributed by atoms with Crippen LogP contribution in [0, 0.1) is 0 Å². The SMILES string of the molecule is CC[C@H](C)c1ccc(NC(=O)N[C@@H](C)c2ccc(Cl)cc2Cl)cc1. The number of carbonyl (C=O) groups is 1. The maximum Gasteiger partial charge on any atom is 0.319 e. The van der Waals surface area contributed by atoms with Gasteiger partial charge >= 0.3 is 6.03 Å². The Bertz CT molecular complexity index is 701. The smallest absolute Gasteiger partial charge is 0.319 e. The number of urea groups is 1. The van der Waals surface area contributed by atoms with Crippen molar-refractivity contribution in [1.82, 2.24) is 5.32 Å². The van der Waals surface area contributed by atoms with Gasteiger partial charge in [0.15, 0.2) is 0 Å². The van der Waals surface area contributed by atoms with Crippen LogP contribution in [-0.4, -0.2) is 6.03 Å². The number of benzene rings is 2. The normalized spacial score (nSPS) is 13.2. The lowest BCUT2D eigenvalue weighted by Gasteiger charge is -2.17. The van der Waals surface area contributed by atoms with Crippen LogP contribution in [-0.2, 0) is 0 Å². The van der Waals surface area contributed by atoms with E-state index in [1.165, 1.54) is 5.56 Å². The first kappa shape index (κ1) is 18.6. The van der Waals surface area contributed by atoms with Gasteiger partial charge in [0.25, 0.3) is 0 Å². The molecule has 2 rings (SSSR count). The number of nitrogens with one attached hydrogen (secondary N) is 2. The third-order valence-corrected chi connectivity index (χ3v) is 4.69. The van der Waals surface area contributed by atoms with E-state index in [1.54, 1.807) is 12.1 Å². The molecule has 24 heavy (non-hydrogen) atoms. The van der Waals surface area contributed by atoms with E-state index >= 15 is 0 Å². The molecule has 0 aromatic heterocycles. The first-order valence-electron chi connectivity index (χ1n) is 8.03. The minimum absolute atomic E-state index is 0.228. The molecule has 2 N–H and O–H groups in total. The fourth-order valence-corrected chi connectivity index (χ4v) is 3.00.